The Bertz CT molecular complexity index is 699. The van der Waals surface area contributed by atoms with Gasteiger partial charge in [0.2, 0.25) is 5.16 Å². The smallest absolute Gasteiger partial charge is 0.203 e. The second-order valence-electron chi connectivity index (χ2n) is 4.61. The molecule has 2 aromatic rings. The first-order chi connectivity index (χ1) is 10.5. The average Bonchev–Trinajstić information content (AvgIpc) is 2.46. The van der Waals surface area contributed by atoms with Gasteiger partial charge in [-0.3, -0.25) is 4.79 Å². The minimum atomic E-state index is -1.37. The van der Waals surface area contributed by atoms with Crippen molar-refractivity contribution in [2.24, 2.45) is 0 Å². The van der Waals surface area contributed by atoms with E-state index in [4.69, 9.17) is 0 Å². The maximum atomic E-state index is 12.1. The molecule has 0 unspecified atom stereocenters. The quantitative estimate of drug-likeness (QED) is 0.481. The summed E-state index contributed by atoms with van der Waals surface area (Å²) in [5.41, 5.74) is 1.69. The highest BCUT2D eigenvalue weighted by Crippen LogP contribution is 2.12. The number of carbonyl (C=O) groups excluding carboxylic acids is 2. The minimum absolute atomic E-state index is 0.0364. The zero-order valence-electron chi connectivity index (χ0n) is 12.1. The van der Waals surface area contributed by atoms with Crippen molar-refractivity contribution in [3.05, 3.63) is 52.8 Å². The van der Waals surface area contributed by atoms with Crippen LogP contribution in [0, 0.1) is 13.8 Å². The fourth-order valence-electron chi connectivity index (χ4n) is 1.90. The normalized spacial score (nSPS) is 10.5. The molecule has 6 nitrogen and oxygen atoms in total. The molecule has 0 aliphatic carbocycles. The van der Waals surface area contributed by atoms with Crippen molar-refractivity contribution < 1.29 is 14.7 Å². The summed E-state index contributed by atoms with van der Waals surface area (Å²) in [5.74, 6) is -1.70. The van der Waals surface area contributed by atoms with Crippen LogP contribution in [0.15, 0.2) is 35.5 Å². The summed E-state index contributed by atoms with van der Waals surface area (Å²) in [6.45, 7) is 3.69. The summed E-state index contributed by atoms with van der Waals surface area (Å²) in [7, 11) is 0. The Morgan fingerprint density at radius 1 is 1.14 bits per heavy atom. The molecule has 0 saturated heterocycles. The molecule has 7 heteroatoms. The maximum absolute atomic E-state index is 12.1. The molecule has 114 valence electrons. The molecule has 0 atom stereocenters. The van der Waals surface area contributed by atoms with Crippen LogP contribution in [0.4, 0.5) is 0 Å². The molecule has 0 fully saturated rings. The van der Waals surface area contributed by atoms with E-state index < -0.39 is 5.97 Å². The Hall–Kier alpha value is -2.25. The molecule has 0 aliphatic heterocycles. The number of rotatable bonds is 6. The number of Topliss-reactive ketones (excluding diaryl/α,β-unsaturated/α-hetero) is 1. The highest BCUT2D eigenvalue weighted by Gasteiger charge is 2.11. The third kappa shape index (κ3) is 4.12. The van der Waals surface area contributed by atoms with Gasteiger partial charge in [-0.15, -0.1) is 0 Å². The predicted molar refractivity (Wildman–Crippen MR) is 80.5 cm³/mol. The fourth-order valence-corrected chi connectivity index (χ4v) is 2.62. The SMILES string of the molecule is Cc1cc(C)nc(SNCC(=O)c2ccccc2C(=O)[O-])n1. The first-order valence-corrected chi connectivity index (χ1v) is 7.34. The van der Waals surface area contributed by atoms with Crippen molar-refractivity contribution in [2.45, 2.75) is 19.0 Å². The molecule has 1 aromatic heterocycles. The number of hydrogen-bond donors (Lipinski definition) is 1. The van der Waals surface area contributed by atoms with Crippen LogP contribution in [0.5, 0.6) is 0 Å². The Labute approximate surface area is 132 Å². The molecule has 0 spiro atoms. The van der Waals surface area contributed by atoms with Crippen LogP contribution < -0.4 is 9.83 Å². The van der Waals surface area contributed by atoms with E-state index in [1.54, 1.807) is 12.1 Å². The number of carboxylic acid groups (broad SMARTS) is 1. The lowest BCUT2D eigenvalue weighted by Crippen LogP contribution is -2.27. The van der Waals surface area contributed by atoms with Gasteiger partial charge in [-0.1, -0.05) is 24.3 Å². The molecule has 1 N–H and O–H groups in total. The number of carboxylic acids is 1. The van der Waals surface area contributed by atoms with Crippen molar-refractivity contribution in [3.8, 4) is 0 Å². The minimum Gasteiger partial charge on any atom is -0.545 e. The van der Waals surface area contributed by atoms with Crippen LogP contribution in [-0.4, -0.2) is 28.3 Å². The molecule has 1 heterocycles. The Morgan fingerprint density at radius 2 is 1.73 bits per heavy atom. The van der Waals surface area contributed by atoms with Gasteiger partial charge in [0.05, 0.1) is 12.5 Å². The lowest BCUT2D eigenvalue weighted by molar-refractivity contribution is -0.255. The van der Waals surface area contributed by atoms with Crippen molar-refractivity contribution in [3.63, 3.8) is 0 Å². The van der Waals surface area contributed by atoms with Crippen molar-refractivity contribution >= 4 is 23.7 Å². The summed E-state index contributed by atoms with van der Waals surface area (Å²) in [6.07, 6.45) is 0. The topological polar surface area (TPSA) is 95.0 Å². The number of ketones is 1. The Morgan fingerprint density at radius 3 is 2.32 bits per heavy atom. The van der Waals surface area contributed by atoms with E-state index in [2.05, 4.69) is 14.7 Å². The largest absolute Gasteiger partial charge is 0.545 e. The Kier molecular flexibility index (Phi) is 5.24. The molecule has 0 amide bonds. The second kappa shape index (κ2) is 7.15. The van der Waals surface area contributed by atoms with Crippen molar-refractivity contribution in [1.82, 2.24) is 14.7 Å². The van der Waals surface area contributed by atoms with Gasteiger partial charge in [0.25, 0.3) is 0 Å². The summed E-state index contributed by atoms with van der Waals surface area (Å²) in [5, 5.41) is 11.5. The standard InChI is InChI=1S/C15H15N3O3S/c1-9-7-10(2)18-15(17-9)22-16-8-13(19)11-5-3-4-6-12(11)14(20)21/h3-7,16H,8H2,1-2H3,(H,20,21)/p-1. The number of aromatic nitrogens is 2. The lowest BCUT2D eigenvalue weighted by Gasteiger charge is -2.09. The highest BCUT2D eigenvalue weighted by atomic mass is 32.2. The van der Waals surface area contributed by atoms with E-state index in [0.29, 0.717) is 5.16 Å². The average molecular weight is 316 g/mol. The van der Waals surface area contributed by atoms with Gasteiger partial charge in [0, 0.05) is 22.5 Å². The lowest BCUT2D eigenvalue weighted by atomic mass is 10.0. The van der Waals surface area contributed by atoms with E-state index >= 15 is 0 Å². The fraction of sp³-hybridized carbons (Fsp3) is 0.200. The first kappa shape index (κ1) is 16.1. The molecule has 0 saturated carbocycles. The zero-order chi connectivity index (χ0) is 16.1. The molecule has 2 rings (SSSR count). The second-order valence-corrected chi connectivity index (χ2v) is 5.47. The van der Waals surface area contributed by atoms with Gasteiger partial charge in [0.1, 0.15) is 0 Å². The predicted octanol–water partition coefficient (Wildman–Crippen LogP) is 0.937. The number of hydrogen-bond acceptors (Lipinski definition) is 7. The number of nitrogens with zero attached hydrogens (tertiary/aromatic N) is 2. The van der Waals surface area contributed by atoms with Crippen LogP contribution in [0.1, 0.15) is 32.1 Å². The van der Waals surface area contributed by atoms with E-state index in [9.17, 15) is 14.7 Å². The van der Waals surface area contributed by atoms with Gasteiger partial charge < -0.3 is 9.90 Å². The number of aryl methyl sites for hydroxylation is 2. The molecule has 0 radical (unpaired) electrons. The van der Waals surface area contributed by atoms with E-state index in [0.717, 1.165) is 23.3 Å². The summed E-state index contributed by atoms with van der Waals surface area (Å²) in [4.78, 5) is 31.5. The monoisotopic (exact) mass is 316 g/mol. The number of benzene rings is 1. The maximum Gasteiger partial charge on any atom is 0.203 e. The third-order valence-electron chi connectivity index (χ3n) is 2.81. The summed E-state index contributed by atoms with van der Waals surface area (Å²) < 4.78 is 2.85. The van der Waals surface area contributed by atoms with Crippen molar-refractivity contribution in [2.75, 3.05) is 6.54 Å². The van der Waals surface area contributed by atoms with Crippen LogP contribution in [0.3, 0.4) is 0 Å². The molecular formula is C15H14N3O3S-. The van der Waals surface area contributed by atoms with E-state index in [1.165, 1.54) is 12.1 Å². The number of nitrogens with one attached hydrogen (secondary N) is 1. The van der Waals surface area contributed by atoms with Crippen LogP contribution in [0.2, 0.25) is 0 Å². The number of aromatic carboxylic acids is 1. The molecule has 22 heavy (non-hydrogen) atoms. The molecule has 1 aromatic carbocycles. The van der Waals surface area contributed by atoms with Crippen LogP contribution in [0.25, 0.3) is 0 Å². The highest BCUT2D eigenvalue weighted by molar-refractivity contribution is 7.97. The van der Waals surface area contributed by atoms with Crippen LogP contribution >= 0.6 is 11.9 Å². The third-order valence-corrected chi connectivity index (χ3v) is 3.46. The van der Waals surface area contributed by atoms with E-state index in [-0.39, 0.29) is 23.5 Å². The Balaban J connectivity index is 2.00. The first-order valence-electron chi connectivity index (χ1n) is 6.53. The molecular weight excluding hydrogens is 302 g/mol. The molecule has 0 aliphatic rings. The van der Waals surface area contributed by atoms with Gasteiger partial charge in [-0.25, -0.2) is 14.7 Å². The summed E-state index contributed by atoms with van der Waals surface area (Å²) in [6, 6.07) is 7.83. The van der Waals surface area contributed by atoms with Gasteiger partial charge in [0.15, 0.2) is 5.78 Å². The van der Waals surface area contributed by atoms with Crippen LogP contribution in [-0.2, 0) is 0 Å². The van der Waals surface area contributed by atoms with Gasteiger partial charge in [-0.2, -0.15) is 0 Å². The molecule has 0 bridgehead atoms. The summed E-state index contributed by atoms with van der Waals surface area (Å²) >= 11 is 1.13. The van der Waals surface area contributed by atoms with Crippen molar-refractivity contribution in [1.29, 1.82) is 0 Å². The number of carbonyl (C=O) groups is 2. The van der Waals surface area contributed by atoms with Gasteiger partial charge >= 0.3 is 0 Å². The zero-order valence-corrected chi connectivity index (χ0v) is 12.9. The van der Waals surface area contributed by atoms with Gasteiger partial charge in [-0.05, 0) is 31.9 Å². The van der Waals surface area contributed by atoms with E-state index in [1.807, 2.05) is 19.9 Å².